The van der Waals surface area contributed by atoms with Crippen LogP contribution in [0.5, 0.6) is 0 Å². The molecule has 2 saturated heterocycles. The number of hydrogen-bond donors (Lipinski definition) is 2. The quantitative estimate of drug-likeness (QED) is 0.152. The van der Waals surface area contributed by atoms with Crippen LogP contribution >= 0.6 is 0 Å². The molecule has 0 spiro atoms. The summed E-state index contributed by atoms with van der Waals surface area (Å²) in [7, 11) is 0. The number of nitrogens with zero attached hydrogens (tertiary/aromatic N) is 8. The Kier molecular flexibility index (Phi) is 12.2. The Labute approximate surface area is 418 Å². The average molecular weight is 952 g/mol. The lowest BCUT2D eigenvalue weighted by atomic mass is 9.96. The van der Waals surface area contributed by atoms with Gasteiger partial charge >= 0.3 is 5.97 Å². The molecule has 0 bridgehead atoms. The average Bonchev–Trinajstić information content (AvgIpc) is 4.02. The molecule has 2 fully saturated rings. The van der Waals surface area contributed by atoms with Gasteiger partial charge in [0.2, 0.25) is 5.91 Å². The van der Waals surface area contributed by atoms with Gasteiger partial charge in [-0.1, -0.05) is 84.9 Å². The number of carboxylic acid groups (broad SMARTS) is 1. The first-order valence-electron chi connectivity index (χ1n) is 25.0. The lowest BCUT2D eigenvalue weighted by Crippen LogP contribution is -2.43. The monoisotopic (exact) mass is 951 g/mol. The van der Waals surface area contributed by atoms with Crippen molar-refractivity contribution in [3.63, 3.8) is 0 Å². The minimum Gasteiger partial charge on any atom is -0.478 e. The van der Waals surface area contributed by atoms with E-state index in [1.165, 1.54) is 49.9 Å². The van der Waals surface area contributed by atoms with E-state index >= 15 is 0 Å². The van der Waals surface area contributed by atoms with Crippen molar-refractivity contribution in [1.82, 2.24) is 29.2 Å². The number of aromatic nitrogens is 6. The van der Waals surface area contributed by atoms with E-state index in [9.17, 15) is 14.7 Å². The third kappa shape index (κ3) is 8.46. The third-order valence-electron chi connectivity index (χ3n) is 15.0. The fraction of sp³-hybridized carbons (Fsp3) is 0.233. The number of amides is 1. The van der Waals surface area contributed by atoms with Crippen molar-refractivity contribution in [3.05, 3.63) is 170 Å². The molecule has 3 N–H and O–H groups in total. The van der Waals surface area contributed by atoms with E-state index in [0.29, 0.717) is 35.1 Å². The van der Waals surface area contributed by atoms with Gasteiger partial charge in [0.15, 0.2) is 11.3 Å². The van der Waals surface area contributed by atoms with Crippen LogP contribution in [0.15, 0.2) is 159 Å². The van der Waals surface area contributed by atoms with Crippen molar-refractivity contribution in [1.29, 1.82) is 0 Å². The highest BCUT2D eigenvalue weighted by molar-refractivity contribution is 6.11. The topological polar surface area (TPSA) is 147 Å². The van der Waals surface area contributed by atoms with Crippen LogP contribution in [0.25, 0.3) is 77.3 Å². The molecule has 12 rings (SSSR count). The summed E-state index contributed by atoms with van der Waals surface area (Å²) in [4.78, 5) is 38.3. The van der Waals surface area contributed by atoms with Crippen LogP contribution in [0.4, 0.5) is 11.4 Å². The molecule has 0 aliphatic carbocycles. The number of carbonyl (C=O) groups excluding carboxylic acids is 1. The van der Waals surface area contributed by atoms with Crippen LogP contribution in [-0.2, 0) is 0 Å². The Morgan fingerprint density at radius 3 is 1.28 bits per heavy atom. The van der Waals surface area contributed by atoms with E-state index in [1.807, 2.05) is 90.1 Å². The van der Waals surface area contributed by atoms with Gasteiger partial charge in [-0.15, -0.1) is 0 Å². The fourth-order valence-corrected chi connectivity index (χ4v) is 11.4. The first-order valence-corrected chi connectivity index (χ1v) is 25.0. The number of carboxylic acids is 1. The van der Waals surface area contributed by atoms with Gasteiger partial charge in [-0.25, -0.2) is 23.8 Å². The molecule has 2 aliphatic heterocycles. The lowest BCUT2D eigenvalue weighted by Gasteiger charge is -2.41. The predicted molar refractivity (Wildman–Crippen MR) is 289 cm³/mol. The van der Waals surface area contributed by atoms with E-state index in [-0.39, 0.29) is 5.56 Å². The van der Waals surface area contributed by atoms with E-state index in [0.717, 1.165) is 72.0 Å². The summed E-state index contributed by atoms with van der Waals surface area (Å²) >= 11 is 0. The van der Waals surface area contributed by atoms with Crippen molar-refractivity contribution in [2.45, 2.75) is 90.4 Å². The van der Waals surface area contributed by atoms with Crippen molar-refractivity contribution in [2.75, 3.05) is 9.80 Å². The van der Waals surface area contributed by atoms with Crippen LogP contribution in [0, 0.1) is 0 Å². The van der Waals surface area contributed by atoms with Crippen LogP contribution in [0.2, 0.25) is 0 Å². The second kappa shape index (κ2) is 19.1. The number of primary amides is 1. The smallest absolute Gasteiger partial charge is 0.336 e. The summed E-state index contributed by atoms with van der Waals surface area (Å²) in [6.07, 6.45) is 19.0. The first kappa shape index (κ1) is 46.0. The first-order chi connectivity index (χ1) is 35.0. The lowest BCUT2D eigenvalue weighted by molar-refractivity contribution is 0.0698. The highest BCUT2D eigenvalue weighted by Crippen LogP contribution is 2.37. The molecule has 10 aromatic rings. The highest BCUT2D eigenvalue weighted by Gasteiger charge is 2.26. The van der Waals surface area contributed by atoms with Crippen molar-refractivity contribution < 1.29 is 14.7 Å². The van der Waals surface area contributed by atoms with E-state index in [4.69, 9.17) is 15.7 Å². The zero-order valence-electron chi connectivity index (χ0n) is 41.0. The summed E-state index contributed by atoms with van der Waals surface area (Å²) in [6.45, 7) is 9.27. The zero-order chi connectivity index (χ0) is 49.6. The van der Waals surface area contributed by atoms with Gasteiger partial charge in [-0.05, 0) is 146 Å². The van der Waals surface area contributed by atoms with Crippen LogP contribution in [0.1, 0.15) is 86.9 Å². The number of carbonyl (C=O) groups is 2. The van der Waals surface area contributed by atoms with E-state index in [2.05, 4.69) is 96.2 Å². The number of fused-ring (bicyclic) bond motifs is 4. The molecular formula is C60H57N9O3. The molecule has 1 amide bonds. The number of piperidine rings is 2. The van der Waals surface area contributed by atoms with Gasteiger partial charge in [-0.3, -0.25) is 4.79 Å². The molecule has 72 heavy (non-hydrogen) atoms. The Hall–Kier alpha value is -8.38. The second-order valence-corrected chi connectivity index (χ2v) is 19.6. The normalized spacial score (nSPS) is 18.1. The van der Waals surface area contributed by atoms with E-state index < -0.39 is 11.9 Å². The standard InChI is InChI=1S/C30H29N5O.C30H28N4O2/c1-19-6-3-7-20(2)35(19)23-14-12-21(13-15-23)22-16-32-30-28(17-33-34(30)18-22)26-10-4-9-25-24(26)8-5-11-27(25)29(31)36;1-19-6-3-7-20(2)34(19)23-14-12-21(13-15-23)22-16-31-29-28(17-32-33(29)18-22)26-10-4-9-25-24(26)8-5-11-27(25)30(35)36/h4-5,8-20H,3,6-7H2,1-2H3,(H2,31,36);4-5,8-20H,3,6-7H2,1-2H3,(H,35,36)/t2*19-,20+. The molecule has 6 heterocycles. The van der Waals surface area contributed by atoms with Gasteiger partial charge in [-0.2, -0.15) is 10.2 Å². The Balaban J connectivity index is 0.000000156. The number of hydrogen-bond acceptors (Lipinski definition) is 8. The molecule has 360 valence electrons. The minimum absolute atomic E-state index is 0.290. The molecule has 6 aromatic carbocycles. The molecule has 0 unspecified atom stereocenters. The largest absolute Gasteiger partial charge is 0.478 e. The predicted octanol–water partition coefficient (Wildman–Crippen LogP) is 12.8. The van der Waals surface area contributed by atoms with E-state index in [1.54, 1.807) is 28.9 Å². The molecule has 12 nitrogen and oxygen atoms in total. The van der Waals surface area contributed by atoms with Crippen LogP contribution in [-0.4, -0.2) is 70.3 Å². The molecule has 12 heteroatoms. The number of benzene rings is 6. The van der Waals surface area contributed by atoms with Gasteiger partial charge in [0.25, 0.3) is 0 Å². The maximum atomic E-state index is 11.9. The molecule has 0 saturated carbocycles. The van der Waals surface area contributed by atoms with Gasteiger partial charge in [0.05, 0.1) is 18.0 Å². The Bertz CT molecular complexity index is 3400. The summed E-state index contributed by atoms with van der Waals surface area (Å²) in [5.74, 6) is -1.37. The second-order valence-electron chi connectivity index (χ2n) is 19.6. The maximum Gasteiger partial charge on any atom is 0.336 e. The van der Waals surface area contributed by atoms with Crippen molar-refractivity contribution in [2.24, 2.45) is 5.73 Å². The van der Waals surface area contributed by atoms with Crippen molar-refractivity contribution >= 4 is 56.1 Å². The van der Waals surface area contributed by atoms with Gasteiger partial charge in [0.1, 0.15) is 0 Å². The number of aromatic carboxylic acids is 1. The Morgan fingerprint density at radius 2 is 0.861 bits per heavy atom. The van der Waals surface area contributed by atoms with Gasteiger partial charge in [0, 0.05) is 88.1 Å². The minimum atomic E-state index is -0.935. The maximum absolute atomic E-state index is 11.9. The number of rotatable bonds is 8. The van der Waals surface area contributed by atoms with Crippen LogP contribution < -0.4 is 15.5 Å². The van der Waals surface area contributed by atoms with Crippen LogP contribution in [0.3, 0.4) is 0 Å². The van der Waals surface area contributed by atoms with Crippen molar-refractivity contribution in [3.8, 4) is 44.5 Å². The zero-order valence-corrected chi connectivity index (χ0v) is 41.0. The molecule has 4 atom stereocenters. The fourth-order valence-electron chi connectivity index (χ4n) is 11.4. The molecular weight excluding hydrogens is 895 g/mol. The Morgan fingerprint density at radius 1 is 0.472 bits per heavy atom. The highest BCUT2D eigenvalue weighted by atomic mass is 16.4. The number of anilines is 2. The summed E-state index contributed by atoms with van der Waals surface area (Å²) in [6, 6.07) is 42.3. The van der Waals surface area contributed by atoms with Gasteiger partial charge < -0.3 is 20.6 Å². The third-order valence-corrected chi connectivity index (χ3v) is 15.0. The summed E-state index contributed by atoms with van der Waals surface area (Å²) < 4.78 is 3.62. The summed E-state index contributed by atoms with van der Waals surface area (Å²) in [5.41, 5.74) is 18.3. The number of nitrogens with two attached hydrogens (primary N) is 1. The summed E-state index contributed by atoms with van der Waals surface area (Å²) in [5, 5.41) is 22.2. The molecule has 4 aromatic heterocycles. The SMILES string of the molecule is C[C@@H]1CCC[C@H](C)N1c1ccc(-c2cnc3c(-c4cccc5c(C(=O)O)cccc45)cnn3c2)cc1.C[C@@H]1CCC[C@H](C)N1c1ccc(-c2cnc3c(-c4cccc5c(C(N)=O)cccc45)cnn3c2)cc1. The molecule has 0 radical (unpaired) electrons. The molecule has 2 aliphatic rings.